The molecule has 4 atom stereocenters. The number of rotatable bonds is 5. The van der Waals surface area contributed by atoms with E-state index < -0.39 is 10.0 Å². The standard InChI is InChI=1S/C24H27ClN2O3S/c1-15(20-13-16-6-7-18(20)12-16)26-24(28)19-8-9-21(25)23(14-19)31(29,30)27-11-10-17-4-2-3-5-22(17)27/h2-5,8-9,14-16,18,20H,6-7,10-13H2,1H3,(H,26,28)/t15-,16+,18+,20-/m1/s1. The molecule has 2 aromatic carbocycles. The number of carbonyl (C=O) groups excluding carboxylic acids is 1. The maximum absolute atomic E-state index is 13.4. The van der Waals surface area contributed by atoms with Gasteiger partial charge in [0.25, 0.3) is 15.9 Å². The highest BCUT2D eigenvalue weighted by molar-refractivity contribution is 7.93. The molecular formula is C24H27ClN2O3S. The van der Waals surface area contributed by atoms with Crippen molar-refractivity contribution in [3.8, 4) is 0 Å². The second-order valence-electron chi connectivity index (χ2n) is 9.20. The molecule has 1 heterocycles. The highest BCUT2D eigenvalue weighted by Gasteiger charge is 2.42. The minimum absolute atomic E-state index is 0.0221. The normalized spacial score (nSPS) is 25.5. The molecular weight excluding hydrogens is 432 g/mol. The highest BCUT2D eigenvalue weighted by atomic mass is 35.5. The third kappa shape index (κ3) is 3.64. The van der Waals surface area contributed by atoms with Gasteiger partial charge in [0.05, 0.1) is 10.7 Å². The zero-order chi connectivity index (χ0) is 21.8. The van der Waals surface area contributed by atoms with Crippen LogP contribution in [0.4, 0.5) is 5.69 Å². The van der Waals surface area contributed by atoms with Crippen LogP contribution < -0.4 is 9.62 Å². The van der Waals surface area contributed by atoms with Gasteiger partial charge in [-0.05, 0) is 80.2 Å². The molecule has 3 aliphatic rings. The van der Waals surface area contributed by atoms with E-state index in [0.717, 1.165) is 11.5 Å². The van der Waals surface area contributed by atoms with Gasteiger partial charge in [-0.1, -0.05) is 36.2 Å². The molecule has 2 aromatic rings. The summed E-state index contributed by atoms with van der Waals surface area (Å²) in [6, 6.07) is 12.1. The lowest BCUT2D eigenvalue weighted by atomic mass is 9.84. The van der Waals surface area contributed by atoms with Crippen LogP contribution >= 0.6 is 11.6 Å². The zero-order valence-corrected chi connectivity index (χ0v) is 19.1. The molecule has 2 fully saturated rings. The van der Waals surface area contributed by atoms with Crippen LogP contribution in [-0.2, 0) is 16.4 Å². The monoisotopic (exact) mass is 458 g/mol. The molecule has 164 valence electrons. The number of carbonyl (C=O) groups is 1. The van der Waals surface area contributed by atoms with E-state index in [4.69, 9.17) is 11.6 Å². The van der Waals surface area contributed by atoms with Crippen molar-refractivity contribution >= 4 is 33.2 Å². The fraction of sp³-hybridized carbons (Fsp3) is 0.458. The largest absolute Gasteiger partial charge is 0.349 e. The Bertz CT molecular complexity index is 1130. The number of amides is 1. The molecule has 0 saturated heterocycles. The van der Waals surface area contributed by atoms with Crippen LogP contribution in [0.25, 0.3) is 0 Å². The predicted octanol–water partition coefficient (Wildman–Crippen LogP) is 4.65. The van der Waals surface area contributed by atoms with Crippen molar-refractivity contribution in [2.45, 2.75) is 50.0 Å². The van der Waals surface area contributed by atoms with Crippen LogP contribution in [-0.4, -0.2) is 26.9 Å². The fourth-order valence-electron chi connectivity index (χ4n) is 5.82. The summed E-state index contributed by atoms with van der Waals surface area (Å²) in [5.74, 6) is 1.78. The van der Waals surface area contributed by atoms with Crippen molar-refractivity contribution in [3.05, 3.63) is 58.6 Å². The molecule has 2 bridgehead atoms. The average Bonchev–Trinajstić information content (AvgIpc) is 3.49. The first-order chi connectivity index (χ1) is 14.8. The van der Waals surface area contributed by atoms with Gasteiger partial charge in [-0.25, -0.2) is 8.42 Å². The number of fused-ring (bicyclic) bond motifs is 3. The van der Waals surface area contributed by atoms with Crippen molar-refractivity contribution in [2.24, 2.45) is 17.8 Å². The van der Waals surface area contributed by atoms with Crippen molar-refractivity contribution in [3.63, 3.8) is 0 Å². The number of anilines is 1. The first-order valence-electron chi connectivity index (χ1n) is 11.1. The smallest absolute Gasteiger partial charge is 0.265 e. The summed E-state index contributed by atoms with van der Waals surface area (Å²) in [5.41, 5.74) is 2.00. The van der Waals surface area contributed by atoms with Gasteiger partial charge in [0, 0.05) is 18.2 Å². The topological polar surface area (TPSA) is 66.5 Å². The van der Waals surface area contributed by atoms with Gasteiger partial charge in [0.2, 0.25) is 0 Å². The maximum atomic E-state index is 13.4. The van der Waals surface area contributed by atoms with Gasteiger partial charge in [-0.2, -0.15) is 0 Å². The lowest BCUT2D eigenvalue weighted by molar-refractivity contribution is 0.0915. The van der Waals surface area contributed by atoms with E-state index in [1.54, 1.807) is 12.1 Å². The Morgan fingerprint density at radius 1 is 1.16 bits per heavy atom. The van der Waals surface area contributed by atoms with E-state index in [0.29, 0.717) is 36.1 Å². The Morgan fingerprint density at radius 2 is 1.97 bits per heavy atom. The summed E-state index contributed by atoms with van der Waals surface area (Å²) < 4.78 is 28.2. The number of para-hydroxylation sites is 1. The molecule has 1 amide bonds. The second kappa shape index (κ2) is 7.82. The van der Waals surface area contributed by atoms with Crippen molar-refractivity contribution < 1.29 is 13.2 Å². The fourth-order valence-corrected chi connectivity index (χ4v) is 7.83. The summed E-state index contributed by atoms with van der Waals surface area (Å²) in [4.78, 5) is 12.9. The lowest BCUT2D eigenvalue weighted by Gasteiger charge is -2.28. The molecule has 31 heavy (non-hydrogen) atoms. The Labute approximate surface area is 188 Å². The minimum atomic E-state index is -3.87. The second-order valence-corrected chi connectivity index (χ2v) is 11.4. The molecule has 5 nitrogen and oxygen atoms in total. The summed E-state index contributed by atoms with van der Waals surface area (Å²) >= 11 is 6.31. The van der Waals surface area contributed by atoms with Gasteiger partial charge in [-0.3, -0.25) is 9.10 Å². The van der Waals surface area contributed by atoms with E-state index in [1.807, 2.05) is 18.2 Å². The molecule has 7 heteroatoms. The summed E-state index contributed by atoms with van der Waals surface area (Å²) in [7, 11) is -3.87. The molecule has 5 rings (SSSR count). The van der Waals surface area contributed by atoms with Crippen molar-refractivity contribution in [1.82, 2.24) is 5.32 Å². The molecule has 2 aliphatic carbocycles. The summed E-state index contributed by atoms with van der Waals surface area (Å²) in [5, 5.41) is 3.24. The molecule has 1 aliphatic heterocycles. The number of halogens is 1. The van der Waals surface area contributed by atoms with Crippen LogP contribution in [0.15, 0.2) is 47.4 Å². The van der Waals surface area contributed by atoms with Gasteiger partial charge in [0.15, 0.2) is 0 Å². The predicted molar refractivity (Wildman–Crippen MR) is 122 cm³/mol. The molecule has 2 saturated carbocycles. The lowest BCUT2D eigenvalue weighted by Crippen LogP contribution is -2.40. The first-order valence-corrected chi connectivity index (χ1v) is 12.9. The van der Waals surface area contributed by atoms with Crippen molar-refractivity contribution in [2.75, 3.05) is 10.8 Å². The number of hydrogen-bond acceptors (Lipinski definition) is 3. The number of sulfonamides is 1. The van der Waals surface area contributed by atoms with Crippen LogP contribution in [0.3, 0.4) is 0 Å². The highest BCUT2D eigenvalue weighted by Crippen LogP contribution is 2.49. The number of benzene rings is 2. The SMILES string of the molecule is C[C@@H](NC(=O)c1ccc(Cl)c(S(=O)(=O)N2CCc3ccccc32)c1)[C@H]1C[C@H]2CC[C@H]1C2. The van der Waals surface area contributed by atoms with Gasteiger partial charge >= 0.3 is 0 Å². The van der Waals surface area contributed by atoms with Crippen LogP contribution in [0.2, 0.25) is 5.02 Å². The van der Waals surface area contributed by atoms with E-state index in [2.05, 4.69) is 12.2 Å². The van der Waals surface area contributed by atoms with Crippen LogP contribution in [0.1, 0.15) is 48.5 Å². The van der Waals surface area contributed by atoms with Crippen LogP contribution in [0.5, 0.6) is 0 Å². The Morgan fingerprint density at radius 3 is 2.71 bits per heavy atom. The van der Waals surface area contributed by atoms with E-state index in [-0.39, 0.29) is 21.9 Å². The van der Waals surface area contributed by atoms with E-state index in [1.165, 1.54) is 42.1 Å². The first kappa shape index (κ1) is 20.8. The average molecular weight is 459 g/mol. The zero-order valence-electron chi connectivity index (χ0n) is 17.6. The minimum Gasteiger partial charge on any atom is -0.349 e. The Balaban J connectivity index is 1.38. The van der Waals surface area contributed by atoms with Crippen LogP contribution in [0, 0.1) is 17.8 Å². The van der Waals surface area contributed by atoms with Crippen molar-refractivity contribution in [1.29, 1.82) is 0 Å². The molecule has 0 radical (unpaired) electrons. The number of nitrogens with one attached hydrogen (secondary N) is 1. The summed E-state index contributed by atoms with van der Waals surface area (Å²) in [6.07, 6.45) is 5.70. The Hall–Kier alpha value is -2.05. The molecule has 0 unspecified atom stereocenters. The summed E-state index contributed by atoms with van der Waals surface area (Å²) in [6.45, 7) is 2.44. The quantitative estimate of drug-likeness (QED) is 0.709. The Kier molecular flexibility index (Phi) is 5.25. The van der Waals surface area contributed by atoms with E-state index >= 15 is 0 Å². The maximum Gasteiger partial charge on any atom is 0.265 e. The van der Waals surface area contributed by atoms with Gasteiger partial charge < -0.3 is 5.32 Å². The third-order valence-electron chi connectivity index (χ3n) is 7.40. The van der Waals surface area contributed by atoms with Gasteiger partial charge in [-0.15, -0.1) is 0 Å². The number of hydrogen-bond donors (Lipinski definition) is 1. The molecule has 0 spiro atoms. The molecule has 1 N–H and O–H groups in total. The molecule has 0 aromatic heterocycles. The third-order valence-corrected chi connectivity index (χ3v) is 9.69. The van der Waals surface area contributed by atoms with E-state index in [9.17, 15) is 13.2 Å². The number of nitrogens with zero attached hydrogens (tertiary/aromatic N) is 1. The van der Waals surface area contributed by atoms with Gasteiger partial charge in [0.1, 0.15) is 4.90 Å².